The SMILES string of the molecule is CCn1c(C)nnc1CN[C@H]1CCC[C@@H]1Cc1ccccc1. The van der Waals surface area contributed by atoms with Crippen molar-refractivity contribution < 1.29 is 0 Å². The molecule has 1 N–H and O–H groups in total. The molecule has 0 spiro atoms. The summed E-state index contributed by atoms with van der Waals surface area (Å²) in [6, 6.07) is 11.5. The lowest BCUT2D eigenvalue weighted by Gasteiger charge is -2.21. The Balaban J connectivity index is 1.59. The van der Waals surface area contributed by atoms with Crippen LogP contribution in [-0.4, -0.2) is 20.8 Å². The monoisotopic (exact) mass is 298 g/mol. The number of aromatic nitrogens is 3. The highest BCUT2D eigenvalue weighted by molar-refractivity contribution is 5.16. The Morgan fingerprint density at radius 3 is 2.77 bits per heavy atom. The molecule has 1 fully saturated rings. The lowest BCUT2D eigenvalue weighted by Crippen LogP contribution is -2.33. The zero-order valence-corrected chi connectivity index (χ0v) is 13.6. The van der Waals surface area contributed by atoms with E-state index < -0.39 is 0 Å². The van der Waals surface area contributed by atoms with Crippen molar-refractivity contribution in [2.45, 2.75) is 58.7 Å². The average molecular weight is 298 g/mol. The first kappa shape index (κ1) is 15.2. The molecule has 4 nitrogen and oxygen atoms in total. The Morgan fingerprint density at radius 1 is 1.18 bits per heavy atom. The van der Waals surface area contributed by atoms with Gasteiger partial charge in [0.15, 0.2) is 0 Å². The second-order valence-corrected chi connectivity index (χ2v) is 6.28. The lowest BCUT2D eigenvalue weighted by atomic mass is 9.94. The molecule has 1 aliphatic carbocycles. The van der Waals surface area contributed by atoms with Gasteiger partial charge in [-0.3, -0.25) is 0 Å². The van der Waals surface area contributed by atoms with Crippen molar-refractivity contribution >= 4 is 0 Å². The molecule has 3 rings (SSSR count). The van der Waals surface area contributed by atoms with Gasteiger partial charge >= 0.3 is 0 Å². The highest BCUT2D eigenvalue weighted by Gasteiger charge is 2.27. The van der Waals surface area contributed by atoms with E-state index in [2.05, 4.69) is 57.3 Å². The van der Waals surface area contributed by atoms with Crippen LogP contribution in [0, 0.1) is 12.8 Å². The van der Waals surface area contributed by atoms with E-state index in [9.17, 15) is 0 Å². The summed E-state index contributed by atoms with van der Waals surface area (Å²) in [7, 11) is 0. The topological polar surface area (TPSA) is 42.7 Å². The molecule has 0 radical (unpaired) electrons. The van der Waals surface area contributed by atoms with Gasteiger partial charge in [-0.25, -0.2) is 0 Å². The molecular weight excluding hydrogens is 272 g/mol. The number of rotatable bonds is 6. The fourth-order valence-electron chi connectivity index (χ4n) is 3.66. The summed E-state index contributed by atoms with van der Waals surface area (Å²) in [6.45, 7) is 5.93. The smallest absolute Gasteiger partial charge is 0.146 e. The van der Waals surface area contributed by atoms with Crippen molar-refractivity contribution in [3.8, 4) is 0 Å². The summed E-state index contributed by atoms with van der Waals surface area (Å²) in [5.74, 6) is 2.80. The van der Waals surface area contributed by atoms with Gasteiger partial charge in [0.1, 0.15) is 11.6 Å². The minimum atomic E-state index is 0.600. The average Bonchev–Trinajstić information content (AvgIpc) is 3.12. The molecule has 1 aromatic heterocycles. The van der Waals surface area contributed by atoms with Crippen LogP contribution < -0.4 is 5.32 Å². The van der Waals surface area contributed by atoms with Crippen LogP contribution in [0.1, 0.15) is 43.4 Å². The number of hydrogen-bond acceptors (Lipinski definition) is 3. The van der Waals surface area contributed by atoms with Gasteiger partial charge in [0.05, 0.1) is 6.54 Å². The molecule has 1 aliphatic rings. The van der Waals surface area contributed by atoms with Crippen molar-refractivity contribution in [2.75, 3.05) is 0 Å². The third-order valence-electron chi connectivity index (χ3n) is 4.85. The largest absolute Gasteiger partial charge is 0.314 e. The van der Waals surface area contributed by atoms with E-state index in [0.717, 1.165) is 30.7 Å². The van der Waals surface area contributed by atoms with E-state index >= 15 is 0 Å². The molecule has 2 aromatic rings. The van der Waals surface area contributed by atoms with Gasteiger partial charge in [-0.1, -0.05) is 36.8 Å². The molecule has 0 aliphatic heterocycles. The molecule has 0 saturated heterocycles. The van der Waals surface area contributed by atoms with Crippen LogP contribution in [0.15, 0.2) is 30.3 Å². The van der Waals surface area contributed by atoms with Crippen LogP contribution in [0.2, 0.25) is 0 Å². The molecule has 0 bridgehead atoms. The minimum Gasteiger partial charge on any atom is -0.314 e. The predicted molar refractivity (Wildman–Crippen MR) is 88.5 cm³/mol. The van der Waals surface area contributed by atoms with Gasteiger partial charge in [0.25, 0.3) is 0 Å². The highest BCUT2D eigenvalue weighted by atomic mass is 15.3. The van der Waals surface area contributed by atoms with Gasteiger partial charge in [0.2, 0.25) is 0 Å². The maximum Gasteiger partial charge on any atom is 0.146 e. The summed E-state index contributed by atoms with van der Waals surface area (Å²) in [4.78, 5) is 0. The molecule has 1 heterocycles. The molecule has 0 unspecified atom stereocenters. The summed E-state index contributed by atoms with van der Waals surface area (Å²) in [5.41, 5.74) is 1.45. The predicted octanol–water partition coefficient (Wildman–Crippen LogP) is 3.11. The number of aryl methyl sites for hydroxylation is 1. The number of hydrogen-bond donors (Lipinski definition) is 1. The molecule has 1 aromatic carbocycles. The van der Waals surface area contributed by atoms with Crippen LogP contribution in [0.4, 0.5) is 0 Å². The van der Waals surface area contributed by atoms with Gasteiger partial charge in [-0.15, -0.1) is 10.2 Å². The maximum absolute atomic E-state index is 4.31. The Hall–Kier alpha value is -1.68. The minimum absolute atomic E-state index is 0.600. The van der Waals surface area contributed by atoms with Gasteiger partial charge in [-0.2, -0.15) is 0 Å². The molecule has 1 saturated carbocycles. The van der Waals surface area contributed by atoms with Gasteiger partial charge < -0.3 is 9.88 Å². The zero-order chi connectivity index (χ0) is 15.4. The van der Waals surface area contributed by atoms with Crippen molar-refractivity contribution in [3.05, 3.63) is 47.5 Å². The second kappa shape index (κ2) is 7.05. The van der Waals surface area contributed by atoms with E-state index in [1.807, 2.05) is 6.92 Å². The molecule has 118 valence electrons. The normalized spacial score (nSPS) is 21.4. The first-order valence-electron chi connectivity index (χ1n) is 8.44. The lowest BCUT2D eigenvalue weighted by molar-refractivity contribution is 0.389. The molecule has 0 amide bonds. The number of nitrogens with zero attached hydrogens (tertiary/aromatic N) is 3. The van der Waals surface area contributed by atoms with E-state index in [1.54, 1.807) is 0 Å². The second-order valence-electron chi connectivity index (χ2n) is 6.28. The van der Waals surface area contributed by atoms with E-state index in [1.165, 1.54) is 31.2 Å². The van der Waals surface area contributed by atoms with E-state index in [-0.39, 0.29) is 0 Å². The van der Waals surface area contributed by atoms with Crippen molar-refractivity contribution in [1.29, 1.82) is 0 Å². The van der Waals surface area contributed by atoms with Crippen molar-refractivity contribution in [3.63, 3.8) is 0 Å². The maximum atomic E-state index is 4.31. The van der Waals surface area contributed by atoms with Crippen LogP contribution in [0.3, 0.4) is 0 Å². The quantitative estimate of drug-likeness (QED) is 0.891. The van der Waals surface area contributed by atoms with Gasteiger partial charge in [-0.05, 0) is 44.6 Å². The third kappa shape index (κ3) is 3.38. The van der Waals surface area contributed by atoms with Crippen LogP contribution in [0.25, 0.3) is 0 Å². The first-order chi connectivity index (χ1) is 10.8. The highest BCUT2D eigenvalue weighted by Crippen LogP contribution is 2.29. The molecular formula is C18H26N4. The van der Waals surface area contributed by atoms with Crippen molar-refractivity contribution in [1.82, 2.24) is 20.1 Å². The van der Waals surface area contributed by atoms with E-state index in [0.29, 0.717) is 6.04 Å². The third-order valence-corrected chi connectivity index (χ3v) is 4.85. The summed E-state index contributed by atoms with van der Waals surface area (Å²) in [6.07, 6.45) is 5.11. The van der Waals surface area contributed by atoms with E-state index in [4.69, 9.17) is 0 Å². The fraction of sp³-hybridized carbons (Fsp3) is 0.556. The Kier molecular flexibility index (Phi) is 4.88. The molecule has 2 atom stereocenters. The molecule has 22 heavy (non-hydrogen) atoms. The fourth-order valence-corrected chi connectivity index (χ4v) is 3.66. The number of benzene rings is 1. The Morgan fingerprint density at radius 2 is 2.00 bits per heavy atom. The van der Waals surface area contributed by atoms with Crippen LogP contribution in [0.5, 0.6) is 0 Å². The Labute approximate surface area is 133 Å². The molecule has 4 heteroatoms. The Bertz CT molecular complexity index is 590. The van der Waals surface area contributed by atoms with Crippen molar-refractivity contribution in [2.24, 2.45) is 5.92 Å². The zero-order valence-electron chi connectivity index (χ0n) is 13.6. The number of nitrogens with one attached hydrogen (secondary N) is 1. The van der Waals surface area contributed by atoms with Crippen LogP contribution >= 0.6 is 0 Å². The first-order valence-corrected chi connectivity index (χ1v) is 8.44. The van der Waals surface area contributed by atoms with Crippen LogP contribution in [-0.2, 0) is 19.5 Å². The van der Waals surface area contributed by atoms with Gasteiger partial charge in [0, 0.05) is 12.6 Å². The standard InChI is InChI=1S/C18H26N4/c1-3-22-14(2)20-21-18(22)13-19-17-11-7-10-16(17)12-15-8-5-4-6-9-15/h4-6,8-9,16-17,19H,3,7,10-13H2,1-2H3/t16-,17+/m1/s1. The summed E-state index contributed by atoms with van der Waals surface area (Å²) in [5, 5.41) is 12.2. The summed E-state index contributed by atoms with van der Waals surface area (Å²) < 4.78 is 2.19. The summed E-state index contributed by atoms with van der Waals surface area (Å²) >= 11 is 0.